The quantitative estimate of drug-likeness (QED) is 0.797. The lowest BCUT2D eigenvalue weighted by molar-refractivity contribution is -0.117. The number of aliphatic hydroxyl groups excluding tert-OH is 1. The van der Waals surface area contributed by atoms with Crippen LogP contribution in [0.4, 0.5) is 5.69 Å². The van der Waals surface area contributed by atoms with E-state index in [1.807, 2.05) is 24.3 Å². The van der Waals surface area contributed by atoms with Gasteiger partial charge < -0.3 is 10.4 Å². The van der Waals surface area contributed by atoms with Gasteiger partial charge >= 0.3 is 0 Å². The highest BCUT2D eigenvalue weighted by Crippen LogP contribution is 2.26. The SMILES string of the molecule is CC(CC(=O)Nc1cccc(CCCO)c1)CC(C)(C)C. The van der Waals surface area contributed by atoms with Gasteiger partial charge in [0.05, 0.1) is 0 Å². The Morgan fingerprint density at radius 1 is 1.33 bits per heavy atom. The number of rotatable bonds is 7. The highest BCUT2D eigenvalue weighted by Gasteiger charge is 2.17. The van der Waals surface area contributed by atoms with Gasteiger partial charge in [-0.25, -0.2) is 0 Å². The molecule has 3 nitrogen and oxygen atoms in total. The maximum absolute atomic E-state index is 12.1. The van der Waals surface area contributed by atoms with Crippen LogP contribution in [0.1, 0.15) is 52.5 Å². The van der Waals surface area contributed by atoms with Gasteiger partial charge in [-0.3, -0.25) is 4.79 Å². The van der Waals surface area contributed by atoms with Gasteiger partial charge in [-0.15, -0.1) is 0 Å². The summed E-state index contributed by atoms with van der Waals surface area (Å²) in [6.07, 6.45) is 3.18. The minimum atomic E-state index is 0.0751. The van der Waals surface area contributed by atoms with Crippen LogP contribution in [0.5, 0.6) is 0 Å². The van der Waals surface area contributed by atoms with Crippen molar-refractivity contribution in [2.45, 2.75) is 53.4 Å². The van der Waals surface area contributed by atoms with Gasteiger partial charge in [0.25, 0.3) is 0 Å². The molecule has 0 radical (unpaired) electrons. The zero-order valence-corrected chi connectivity index (χ0v) is 13.8. The molecule has 0 fully saturated rings. The summed E-state index contributed by atoms with van der Waals surface area (Å²) < 4.78 is 0. The number of carbonyl (C=O) groups is 1. The largest absolute Gasteiger partial charge is 0.396 e. The minimum Gasteiger partial charge on any atom is -0.396 e. The molecule has 1 unspecified atom stereocenters. The third-order valence-corrected chi connectivity index (χ3v) is 3.33. The number of amides is 1. The topological polar surface area (TPSA) is 49.3 Å². The fraction of sp³-hybridized carbons (Fsp3) is 0.611. The zero-order valence-electron chi connectivity index (χ0n) is 13.8. The fourth-order valence-electron chi connectivity index (χ4n) is 2.73. The van der Waals surface area contributed by atoms with Crippen LogP contribution < -0.4 is 5.32 Å². The minimum absolute atomic E-state index is 0.0751. The Balaban J connectivity index is 2.50. The molecule has 1 amide bonds. The lowest BCUT2D eigenvalue weighted by Crippen LogP contribution is -2.18. The monoisotopic (exact) mass is 291 g/mol. The molecule has 0 saturated carbocycles. The summed E-state index contributed by atoms with van der Waals surface area (Å²) in [6.45, 7) is 8.92. The Labute approximate surface area is 128 Å². The summed E-state index contributed by atoms with van der Waals surface area (Å²) in [5.74, 6) is 0.452. The zero-order chi connectivity index (χ0) is 15.9. The number of aryl methyl sites for hydroxylation is 1. The van der Waals surface area contributed by atoms with Gasteiger partial charge in [0.1, 0.15) is 0 Å². The lowest BCUT2D eigenvalue weighted by Gasteiger charge is -2.22. The average Bonchev–Trinajstić information content (AvgIpc) is 2.34. The van der Waals surface area contributed by atoms with Crippen LogP contribution in [0.3, 0.4) is 0 Å². The standard InChI is InChI=1S/C18H29NO2/c1-14(13-18(2,3)4)11-17(21)19-16-9-5-7-15(12-16)8-6-10-20/h5,7,9,12,14,20H,6,8,10-11,13H2,1-4H3,(H,19,21). The molecule has 0 spiro atoms. The van der Waals surface area contributed by atoms with Crippen molar-refractivity contribution in [1.82, 2.24) is 0 Å². The molecule has 0 aliphatic heterocycles. The molecule has 0 heterocycles. The lowest BCUT2D eigenvalue weighted by atomic mass is 9.84. The highest BCUT2D eigenvalue weighted by molar-refractivity contribution is 5.90. The summed E-state index contributed by atoms with van der Waals surface area (Å²) in [5, 5.41) is 11.8. The summed E-state index contributed by atoms with van der Waals surface area (Å²) in [7, 11) is 0. The van der Waals surface area contributed by atoms with Crippen LogP contribution >= 0.6 is 0 Å². The van der Waals surface area contributed by atoms with Crippen molar-refractivity contribution in [1.29, 1.82) is 0 Å². The maximum atomic E-state index is 12.1. The van der Waals surface area contributed by atoms with E-state index < -0.39 is 0 Å². The van der Waals surface area contributed by atoms with Crippen LogP contribution in [-0.2, 0) is 11.2 Å². The summed E-state index contributed by atoms with van der Waals surface area (Å²) >= 11 is 0. The van der Waals surface area contributed by atoms with Gasteiger partial charge in [-0.2, -0.15) is 0 Å². The predicted octanol–water partition coefficient (Wildman–Crippen LogP) is 4.01. The van der Waals surface area contributed by atoms with Crippen molar-refractivity contribution in [3.63, 3.8) is 0 Å². The second kappa shape index (κ2) is 8.18. The third kappa shape index (κ3) is 7.86. The summed E-state index contributed by atoms with van der Waals surface area (Å²) in [4.78, 5) is 12.1. The van der Waals surface area contributed by atoms with Crippen LogP contribution in [0.25, 0.3) is 0 Å². The molecule has 0 aromatic heterocycles. The van der Waals surface area contributed by atoms with Gasteiger partial charge in [0.15, 0.2) is 0 Å². The molecule has 0 saturated heterocycles. The first kappa shape index (κ1) is 17.7. The van der Waals surface area contributed by atoms with E-state index in [0.29, 0.717) is 12.3 Å². The number of carbonyl (C=O) groups excluding carboxylic acids is 1. The van der Waals surface area contributed by atoms with E-state index >= 15 is 0 Å². The van der Waals surface area contributed by atoms with Gasteiger partial charge in [0, 0.05) is 18.7 Å². The first-order chi connectivity index (χ1) is 9.80. The number of nitrogens with one attached hydrogen (secondary N) is 1. The Hall–Kier alpha value is -1.35. The molecule has 118 valence electrons. The van der Waals surface area contributed by atoms with Crippen molar-refractivity contribution in [2.75, 3.05) is 11.9 Å². The van der Waals surface area contributed by atoms with Gasteiger partial charge in [-0.1, -0.05) is 39.8 Å². The normalized spacial score (nSPS) is 13.0. The molecular weight excluding hydrogens is 262 g/mol. The molecule has 1 atom stereocenters. The average molecular weight is 291 g/mol. The molecule has 1 rings (SSSR count). The number of aliphatic hydroxyl groups is 1. The summed E-state index contributed by atoms with van der Waals surface area (Å²) in [5.41, 5.74) is 2.24. The highest BCUT2D eigenvalue weighted by atomic mass is 16.2. The predicted molar refractivity (Wildman–Crippen MR) is 88.3 cm³/mol. The molecule has 0 aliphatic rings. The second-order valence-corrected chi connectivity index (χ2v) is 7.15. The van der Waals surface area contributed by atoms with Crippen molar-refractivity contribution >= 4 is 11.6 Å². The maximum Gasteiger partial charge on any atom is 0.224 e. The van der Waals surface area contributed by atoms with E-state index in [9.17, 15) is 4.79 Å². The van der Waals surface area contributed by atoms with Crippen LogP contribution in [0, 0.1) is 11.3 Å². The molecular formula is C18H29NO2. The van der Waals surface area contributed by atoms with E-state index in [-0.39, 0.29) is 17.9 Å². The second-order valence-electron chi connectivity index (χ2n) is 7.15. The van der Waals surface area contributed by atoms with Crippen LogP contribution in [-0.4, -0.2) is 17.6 Å². The number of hydrogen-bond donors (Lipinski definition) is 2. The van der Waals surface area contributed by atoms with E-state index in [4.69, 9.17) is 5.11 Å². The smallest absolute Gasteiger partial charge is 0.224 e. The number of anilines is 1. The summed E-state index contributed by atoms with van der Waals surface area (Å²) in [6, 6.07) is 7.87. The fourth-order valence-corrected chi connectivity index (χ4v) is 2.73. The first-order valence-electron chi connectivity index (χ1n) is 7.80. The van der Waals surface area contributed by atoms with Crippen molar-refractivity contribution < 1.29 is 9.90 Å². The van der Waals surface area contributed by atoms with Crippen molar-refractivity contribution in [3.05, 3.63) is 29.8 Å². The molecule has 1 aromatic rings. The molecule has 1 aromatic carbocycles. The third-order valence-electron chi connectivity index (χ3n) is 3.33. The van der Waals surface area contributed by atoms with E-state index in [2.05, 4.69) is 33.0 Å². The molecule has 0 bridgehead atoms. The Bertz CT molecular complexity index is 449. The Morgan fingerprint density at radius 3 is 2.67 bits per heavy atom. The van der Waals surface area contributed by atoms with E-state index in [1.165, 1.54) is 0 Å². The van der Waals surface area contributed by atoms with E-state index in [0.717, 1.165) is 30.5 Å². The molecule has 0 aliphatic carbocycles. The van der Waals surface area contributed by atoms with Crippen LogP contribution in [0.2, 0.25) is 0 Å². The van der Waals surface area contributed by atoms with Crippen molar-refractivity contribution in [2.24, 2.45) is 11.3 Å². The van der Waals surface area contributed by atoms with Gasteiger partial charge in [-0.05, 0) is 48.3 Å². The number of hydrogen-bond acceptors (Lipinski definition) is 2. The van der Waals surface area contributed by atoms with Gasteiger partial charge in [0.2, 0.25) is 5.91 Å². The van der Waals surface area contributed by atoms with E-state index in [1.54, 1.807) is 0 Å². The Morgan fingerprint density at radius 2 is 2.05 bits per heavy atom. The Kier molecular flexibility index (Phi) is 6.90. The van der Waals surface area contributed by atoms with Crippen LogP contribution in [0.15, 0.2) is 24.3 Å². The molecule has 3 heteroatoms. The first-order valence-corrected chi connectivity index (χ1v) is 7.80. The van der Waals surface area contributed by atoms with Crippen molar-refractivity contribution in [3.8, 4) is 0 Å². The molecule has 21 heavy (non-hydrogen) atoms. The molecule has 2 N–H and O–H groups in total. The number of benzene rings is 1.